The van der Waals surface area contributed by atoms with Crippen molar-refractivity contribution in [2.45, 2.75) is 25.6 Å². The van der Waals surface area contributed by atoms with E-state index in [-0.39, 0.29) is 5.91 Å². The summed E-state index contributed by atoms with van der Waals surface area (Å²) in [5.41, 5.74) is 2.32. The second-order valence-electron chi connectivity index (χ2n) is 5.68. The van der Waals surface area contributed by atoms with Crippen LogP contribution in [0.2, 0.25) is 5.02 Å². The highest BCUT2D eigenvalue weighted by Crippen LogP contribution is 2.28. The topological polar surface area (TPSA) is 45.2 Å². The Morgan fingerprint density at radius 2 is 2.21 bits per heavy atom. The molecule has 1 N–H and O–H groups in total. The summed E-state index contributed by atoms with van der Waals surface area (Å²) in [5, 5.41) is 4.40. The Balaban J connectivity index is 1.47. The molecule has 24 heavy (non-hydrogen) atoms. The third-order valence-corrected chi connectivity index (χ3v) is 6.17. The number of carbonyl (C=O) groups is 1. The van der Waals surface area contributed by atoms with E-state index in [9.17, 15) is 4.79 Å². The number of nitrogens with one attached hydrogen (secondary N) is 1. The van der Waals surface area contributed by atoms with E-state index < -0.39 is 0 Å². The molecule has 0 unspecified atom stereocenters. The van der Waals surface area contributed by atoms with Crippen LogP contribution in [0.5, 0.6) is 0 Å². The third-order valence-electron chi connectivity index (χ3n) is 3.92. The molecule has 0 saturated heterocycles. The molecule has 0 atom stereocenters. The van der Waals surface area contributed by atoms with Crippen LogP contribution in [0.3, 0.4) is 0 Å². The van der Waals surface area contributed by atoms with Gasteiger partial charge in [-0.15, -0.1) is 23.1 Å². The summed E-state index contributed by atoms with van der Waals surface area (Å²) in [7, 11) is 0. The number of thiazole rings is 1. The number of anilines is 1. The molecular weight excluding hydrogens is 362 g/mol. The number of nitrogens with zero attached hydrogens (tertiary/aromatic N) is 2. The van der Waals surface area contributed by atoms with E-state index in [4.69, 9.17) is 11.6 Å². The van der Waals surface area contributed by atoms with E-state index in [1.165, 1.54) is 10.4 Å². The van der Waals surface area contributed by atoms with Crippen molar-refractivity contribution in [3.05, 3.63) is 45.4 Å². The molecule has 1 aromatic heterocycles. The van der Waals surface area contributed by atoms with Crippen LogP contribution in [0.4, 0.5) is 5.13 Å². The van der Waals surface area contributed by atoms with E-state index >= 15 is 0 Å². The summed E-state index contributed by atoms with van der Waals surface area (Å²) in [6.07, 6.45) is 0.973. The molecular formula is C17H20ClN3OS2. The highest BCUT2D eigenvalue weighted by atomic mass is 35.5. The predicted molar refractivity (Wildman–Crippen MR) is 103 cm³/mol. The van der Waals surface area contributed by atoms with Crippen molar-refractivity contribution < 1.29 is 4.79 Å². The highest BCUT2D eigenvalue weighted by Gasteiger charge is 2.20. The fourth-order valence-corrected chi connectivity index (χ4v) is 4.55. The summed E-state index contributed by atoms with van der Waals surface area (Å²) < 4.78 is 0. The number of thioether (sulfide) groups is 1. The first-order valence-electron chi connectivity index (χ1n) is 7.97. The lowest BCUT2D eigenvalue weighted by Crippen LogP contribution is -2.29. The van der Waals surface area contributed by atoms with Gasteiger partial charge in [-0.2, -0.15) is 0 Å². The third kappa shape index (κ3) is 4.72. The monoisotopic (exact) mass is 381 g/mol. The van der Waals surface area contributed by atoms with Crippen molar-refractivity contribution in [1.29, 1.82) is 0 Å². The van der Waals surface area contributed by atoms with Gasteiger partial charge in [0.1, 0.15) is 0 Å². The molecule has 3 rings (SSSR count). The Bertz CT molecular complexity index is 702. The van der Waals surface area contributed by atoms with Gasteiger partial charge in [0.15, 0.2) is 5.13 Å². The number of fused-ring (bicyclic) bond motifs is 1. The summed E-state index contributed by atoms with van der Waals surface area (Å²) in [6.45, 7) is 5.23. The molecule has 2 aromatic rings. The van der Waals surface area contributed by atoms with E-state index in [2.05, 4.69) is 22.1 Å². The van der Waals surface area contributed by atoms with Crippen LogP contribution in [-0.4, -0.2) is 34.6 Å². The molecule has 1 aromatic carbocycles. The lowest BCUT2D eigenvalue weighted by molar-refractivity contribution is -0.113. The number of amides is 1. The van der Waals surface area contributed by atoms with Gasteiger partial charge in [0, 0.05) is 35.2 Å². The standard InChI is InChI=1S/C17H20ClN3OS2/c1-2-21-8-7-14-15(9-21)24-17(19-14)20-16(22)11-23-10-12-3-5-13(18)6-4-12/h3-6H,2,7-11H2,1H3,(H,19,20,22). The molecule has 1 aliphatic heterocycles. The van der Waals surface area contributed by atoms with Crippen molar-refractivity contribution in [1.82, 2.24) is 9.88 Å². The number of rotatable bonds is 6. The van der Waals surface area contributed by atoms with Gasteiger partial charge in [0.2, 0.25) is 5.91 Å². The number of carbonyl (C=O) groups excluding carboxylic acids is 1. The molecule has 0 radical (unpaired) electrons. The number of benzene rings is 1. The average Bonchev–Trinajstić information content (AvgIpc) is 2.97. The Morgan fingerprint density at radius 1 is 1.42 bits per heavy atom. The van der Waals surface area contributed by atoms with Crippen LogP contribution >= 0.6 is 34.7 Å². The van der Waals surface area contributed by atoms with Crippen LogP contribution in [0.15, 0.2) is 24.3 Å². The van der Waals surface area contributed by atoms with Gasteiger partial charge in [-0.1, -0.05) is 30.7 Å². The molecule has 0 saturated carbocycles. The van der Waals surface area contributed by atoms with Crippen LogP contribution < -0.4 is 5.32 Å². The molecule has 7 heteroatoms. The molecule has 4 nitrogen and oxygen atoms in total. The maximum atomic E-state index is 12.1. The van der Waals surface area contributed by atoms with E-state index in [1.807, 2.05) is 24.3 Å². The number of likely N-dealkylation sites (N-methyl/N-ethyl adjacent to an activating group) is 1. The maximum Gasteiger partial charge on any atom is 0.236 e. The molecule has 2 heterocycles. The molecule has 1 amide bonds. The lowest BCUT2D eigenvalue weighted by Gasteiger charge is -2.23. The normalized spacial score (nSPS) is 14.4. The van der Waals surface area contributed by atoms with Gasteiger partial charge in [-0.05, 0) is 24.2 Å². The van der Waals surface area contributed by atoms with E-state index in [0.29, 0.717) is 5.75 Å². The zero-order chi connectivity index (χ0) is 16.9. The van der Waals surface area contributed by atoms with Crippen LogP contribution in [-0.2, 0) is 23.5 Å². The second-order valence-corrected chi connectivity index (χ2v) is 8.18. The zero-order valence-electron chi connectivity index (χ0n) is 13.5. The Morgan fingerprint density at radius 3 is 2.96 bits per heavy atom. The average molecular weight is 382 g/mol. The van der Waals surface area contributed by atoms with Crippen molar-refractivity contribution in [2.24, 2.45) is 0 Å². The number of halogens is 1. The van der Waals surface area contributed by atoms with Crippen molar-refractivity contribution in [3.8, 4) is 0 Å². The second kappa shape index (κ2) is 8.34. The SMILES string of the molecule is CCN1CCc2nc(NC(=O)CSCc3ccc(Cl)cc3)sc2C1. The van der Waals surface area contributed by atoms with Crippen LogP contribution in [0, 0.1) is 0 Å². The minimum absolute atomic E-state index is 0.00686. The quantitative estimate of drug-likeness (QED) is 0.819. The summed E-state index contributed by atoms with van der Waals surface area (Å²) in [5.74, 6) is 1.23. The fourth-order valence-electron chi connectivity index (χ4n) is 2.57. The minimum Gasteiger partial charge on any atom is -0.301 e. The largest absolute Gasteiger partial charge is 0.301 e. The van der Waals surface area contributed by atoms with Gasteiger partial charge >= 0.3 is 0 Å². The number of aromatic nitrogens is 1. The molecule has 0 bridgehead atoms. The maximum absolute atomic E-state index is 12.1. The molecule has 0 spiro atoms. The predicted octanol–water partition coefficient (Wildman–Crippen LogP) is 4.05. The van der Waals surface area contributed by atoms with Crippen molar-refractivity contribution in [2.75, 3.05) is 24.2 Å². The van der Waals surface area contributed by atoms with Crippen LogP contribution in [0.1, 0.15) is 23.1 Å². The summed E-state index contributed by atoms with van der Waals surface area (Å²) in [4.78, 5) is 20.3. The van der Waals surface area contributed by atoms with Gasteiger partial charge in [-0.3, -0.25) is 9.69 Å². The van der Waals surface area contributed by atoms with Crippen LogP contribution in [0.25, 0.3) is 0 Å². The van der Waals surface area contributed by atoms with Gasteiger partial charge in [-0.25, -0.2) is 4.98 Å². The van der Waals surface area contributed by atoms with Gasteiger partial charge in [0.05, 0.1) is 11.4 Å². The summed E-state index contributed by atoms with van der Waals surface area (Å²) in [6, 6.07) is 7.72. The molecule has 1 aliphatic rings. The van der Waals surface area contributed by atoms with E-state index in [1.54, 1.807) is 23.1 Å². The molecule has 0 aliphatic carbocycles. The fraction of sp³-hybridized carbons (Fsp3) is 0.412. The zero-order valence-corrected chi connectivity index (χ0v) is 15.9. The number of hydrogen-bond donors (Lipinski definition) is 1. The van der Waals surface area contributed by atoms with Crippen molar-refractivity contribution >= 4 is 45.7 Å². The van der Waals surface area contributed by atoms with Gasteiger partial charge in [0.25, 0.3) is 0 Å². The van der Waals surface area contributed by atoms with E-state index in [0.717, 1.165) is 47.7 Å². The lowest BCUT2D eigenvalue weighted by atomic mass is 10.2. The van der Waals surface area contributed by atoms with Gasteiger partial charge < -0.3 is 5.32 Å². The Kier molecular flexibility index (Phi) is 6.16. The van der Waals surface area contributed by atoms with Crippen molar-refractivity contribution in [3.63, 3.8) is 0 Å². The smallest absolute Gasteiger partial charge is 0.236 e. The summed E-state index contributed by atoms with van der Waals surface area (Å²) >= 11 is 9.07. The minimum atomic E-state index is 0.00686. The molecule has 128 valence electrons. The molecule has 0 fully saturated rings. The Hall–Kier alpha value is -1.08. The number of hydrogen-bond acceptors (Lipinski definition) is 5. The highest BCUT2D eigenvalue weighted by molar-refractivity contribution is 7.99. The Labute approximate surface area is 155 Å². The first-order valence-corrected chi connectivity index (χ1v) is 10.3. The first-order chi connectivity index (χ1) is 11.6. The first kappa shape index (κ1) is 17.7.